The van der Waals surface area contributed by atoms with Crippen LogP contribution in [0.5, 0.6) is 0 Å². The molecule has 0 aromatic heterocycles. The lowest BCUT2D eigenvalue weighted by Gasteiger charge is -2.28. The molecule has 0 heterocycles. The maximum absolute atomic E-state index is 12.1. The Bertz CT molecular complexity index is 776. The van der Waals surface area contributed by atoms with Gasteiger partial charge in [-0.1, -0.05) is 27.7 Å². The van der Waals surface area contributed by atoms with Crippen LogP contribution in [0.15, 0.2) is 0 Å². The lowest BCUT2D eigenvalue weighted by molar-refractivity contribution is -0.161. The number of rotatable bonds is 16. The van der Waals surface area contributed by atoms with Crippen molar-refractivity contribution in [3.63, 3.8) is 0 Å². The predicted octanol–water partition coefficient (Wildman–Crippen LogP) is -0.0303. The van der Waals surface area contributed by atoms with E-state index in [1.54, 1.807) is 13.8 Å². The molecule has 0 bridgehead atoms. The SMILES string of the molecule is CCOC(=O)[C@@H](O)C(C)(C)COS(=O)(=O)CCCS(=O)(=O)OCC(C)(C)[C@H](O)C(=O)OCC. The highest BCUT2D eigenvalue weighted by molar-refractivity contribution is 7.87. The summed E-state index contributed by atoms with van der Waals surface area (Å²) in [6, 6.07) is 0. The third-order valence-corrected chi connectivity index (χ3v) is 7.04. The quantitative estimate of drug-likeness (QED) is 0.205. The maximum atomic E-state index is 12.1. The first-order valence-electron chi connectivity index (χ1n) is 10.3. The lowest BCUT2D eigenvalue weighted by Crippen LogP contribution is -2.41. The first-order valence-corrected chi connectivity index (χ1v) is 13.5. The van der Waals surface area contributed by atoms with Gasteiger partial charge >= 0.3 is 11.9 Å². The topological polar surface area (TPSA) is 180 Å². The molecule has 14 heteroatoms. The number of ether oxygens (including phenoxy) is 2. The van der Waals surface area contributed by atoms with Crippen molar-refractivity contribution in [2.75, 3.05) is 37.9 Å². The minimum absolute atomic E-state index is 0.0423. The van der Waals surface area contributed by atoms with Crippen LogP contribution >= 0.6 is 0 Å². The molecule has 12 nitrogen and oxygen atoms in total. The zero-order valence-corrected chi connectivity index (χ0v) is 21.5. The molecule has 0 fully saturated rings. The number of aliphatic hydroxyl groups is 2. The summed E-state index contributed by atoms with van der Waals surface area (Å²) in [5, 5.41) is 20.0. The summed E-state index contributed by atoms with van der Waals surface area (Å²) >= 11 is 0. The summed E-state index contributed by atoms with van der Waals surface area (Å²) in [6.07, 6.45) is -3.59. The second-order valence-electron chi connectivity index (χ2n) is 8.69. The van der Waals surface area contributed by atoms with E-state index in [0.717, 1.165) is 0 Å². The van der Waals surface area contributed by atoms with Crippen molar-refractivity contribution in [1.82, 2.24) is 0 Å². The van der Waals surface area contributed by atoms with E-state index in [1.807, 2.05) is 0 Å². The second-order valence-corrected chi connectivity index (χ2v) is 12.2. The van der Waals surface area contributed by atoms with Crippen molar-refractivity contribution in [2.24, 2.45) is 10.8 Å². The molecule has 0 aromatic rings. The van der Waals surface area contributed by atoms with Gasteiger partial charge in [-0.2, -0.15) is 16.8 Å². The fourth-order valence-electron chi connectivity index (χ4n) is 2.25. The van der Waals surface area contributed by atoms with Crippen molar-refractivity contribution in [3.05, 3.63) is 0 Å². The number of carbonyl (C=O) groups is 2. The molecule has 0 unspecified atom stereocenters. The molecule has 2 N–H and O–H groups in total. The smallest absolute Gasteiger partial charge is 0.335 e. The van der Waals surface area contributed by atoms with Gasteiger partial charge in [0.2, 0.25) is 0 Å². The highest BCUT2D eigenvalue weighted by atomic mass is 32.2. The van der Waals surface area contributed by atoms with Crippen LogP contribution in [-0.2, 0) is 47.7 Å². The second kappa shape index (κ2) is 13.0. The van der Waals surface area contributed by atoms with Gasteiger partial charge in [-0.3, -0.25) is 8.37 Å². The van der Waals surface area contributed by atoms with Crippen LogP contribution in [0.1, 0.15) is 48.0 Å². The fraction of sp³-hybridized carbons (Fsp3) is 0.895. The fourth-order valence-corrected chi connectivity index (χ4v) is 4.63. The Morgan fingerprint density at radius 3 is 1.30 bits per heavy atom. The number of esters is 2. The van der Waals surface area contributed by atoms with Crippen LogP contribution < -0.4 is 0 Å². The first kappa shape index (κ1) is 31.7. The van der Waals surface area contributed by atoms with Gasteiger partial charge in [-0.15, -0.1) is 0 Å². The van der Waals surface area contributed by atoms with Crippen molar-refractivity contribution in [1.29, 1.82) is 0 Å². The number of carbonyl (C=O) groups excluding carboxylic acids is 2. The van der Waals surface area contributed by atoms with Gasteiger partial charge in [0.15, 0.2) is 12.2 Å². The minimum Gasteiger partial charge on any atom is -0.464 e. The Hall–Kier alpha value is -1.32. The molecule has 0 aliphatic carbocycles. The van der Waals surface area contributed by atoms with Gasteiger partial charge in [0.05, 0.1) is 37.9 Å². The van der Waals surface area contributed by atoms with Gasteiger partial charge in [-0.25, -0.2) is 9.59 Å². The van der Waals surface area contributed by atoms with Gasteiger partial charge < -0.3 is 19.7 Å². The molecule has 0 saturated carbocycles. The van der Waals surface area contributed by atoms with E-state index >= 15 is 0 Å². The van der Waals surface area contributed by atoms with Gasteiger partial charge in [-0.05, 0) is 20.3 Å². The van der Waals surface area contributed by atoms with E-state index < -0.39 is 79.9 Å². The summed E-state index contributed by atoms with van der Waals surface area (Å²) in [5.74, 6) is -3.14. The Labute approximate surface area is 195 Å². The number of hydrogen-bond acceptors (Lipinski definition) is 12. The lowest BCUT2D eigenvalue weighted by atomic mass is 9.88. The predicted molar refractivity (Wildman–Crippen MR) is 117 cm³/mol. The molecule has 0 aliphatic heterocycles. The minimum atomic E-state index is -4.17. The molecule has 0 amide bonds. The molecule has 0 radical (unpaired) electrons. The number of hydrogen-bond donors (Lipinski definition) is 2. The summed E-state index contributed by atoms with van der Waals surface area (Å²) in [7, 11) is -8.33. The Kier molecular flexibility index (Phi) is 12.4. The summed E-state index contributed by atoms with van der Waals surface area (Å²) in [5.41, 5.74) is -2.56. The Balaban J connectivity index is 4.72. The average molecular weight is 521 g/mol. The molecule has 0 aliphatic rings. The normalized spacial score (nSPS) is 15.0. The van der Waals surface area contributed by atoms with Crippen LogP contribution in [0.25, 0.3) is 0 Å². The molecule has 33 heavy (non-hydrogen) atoms. The molecule has 0 saturated heterocycles. The largest absolute Gasteiger partial charge is 0.464 e. The van der Waals surface area contributed by atoms with E-state index in [-0.39, 0.29) is 19.6 Å². The highest BCUT2D eigenvalue weighted by Crippen LogP contribution is 2.24. The Morgan fingerprint density at radius 2 is 1.03 bits per heavy atom. The van der Waals surface area contributed by atoms with E-state index in [2.05, 4.69) is 0 Å². The standard InChI is InChI=1S/C19H36O12S2/c1-7-28-16(22)14(20)18(3,4)12-30-32(24,25)10-9-11-33(26,27)31-13-19(5,6)15(21)17(23)29-8-2/h14-15,20-21H,7-13H2,1-6H3/t14-,15-/m1/s1. The highest BCUT2D eigenvalue weighted by Gasteiger charge is 2.37. The summed E-state index contributed by atoms with van der Waals surface area (Å²) in [4.78, 5) is 23.3. The Morgan fingerprint density at radius 1 is 0.727 bits per heavy atom. The van der Waals surface area contributed by atoms with Crippen LogP contribution in [0.2, 0.25) is 0 Å². The molecule has 196 valence electrons. The van der Waals surface area contributed by atoms with Crippen LogP contribution in [-0.4, -0.2) is 89.1 Å². The molecule has 0 aromatic carbocycles. The third kappa shape index (κ3) is 11.6. The maximum Gasteiger partial charge on any atom is 0.335 e. The van der Waals surface area contributed by atoms with Gasteiger partial charge in [0.25, 0.3) is 20.2 Å². The van der Waals surface area contributed by atoms with Gasteiger partial charge in [0, 0.05) is 10.8 Å². The monoisotopic (exact) mass is 520 g/mol. The molecular formula is C19H36O12S2. The zero-order chi connectivity index (χ0) is 26.1. The van der Waals surface area contributed by atoms with Gasteiger partial charge in [0.1, 0.15) is 0 Å². The molecule has 0 spiro atoms. The third-order valence-electron chi connectivity index (χ3n) is 4.51. The van der Waals surface area contributed by atoms with Crippen molar-refractivity contribution < 1.29 is 54.5 Å². The van der Waals surface area contributed by atoms with Crippen LogP contribution in [0, 0.1) is 10.8 Å². The average Bonchev–Trinajstić information content (AvgIpc) is 2.70. The van der Waals surface area contributed by atoms with E-state index in [1.165, 1.54) is 27.7 Å². The van der Waals surface area contributed by atoms with E-state index in [4.69, 9.17) is 17.8 Å². The number of aliphatic hydroxyl groups excluding tert-OH is 2. The van der Waals surface area contributed by atoms with Crippen molar-refractivity contribution >= 4 is 32.2 Å². The van der Waals surface area contributed by atoms with E-state index in [0.29, 0.717) is 0 Å². The van der Waals surface area contributed by atoms with Crippen LogP contribution in [0.3, 0.4) is 0 Å². The van der Waals surface area contributed by atoms with Crippen molar-refractivity contribution in [2.45, 2.75) is 60.2 Å². The summed E-state index contributed by atoms with van der Waals surface area (Å²) < 4.78 is 67.4. The van der Waals surface area contributed by atoms with Crippen LogP contribution in [0.4, 0.5) is 0 Å². The summed E-state index contributed by atoms with van der Waals surface area (Å²) in [6.45, 7) is 7.78. The molecule has 0 rings (SSSR count). The first-order chi connectivity index (χ1) is 14.9. The molecular weight excluding hydrogens is 484 g/mol. The zero-order valence-electron chi connectivity index (χ0n) is 19.9. The molecule has 2 atom stereocenters. The van der Waals surface area contributed by atoms with Crippen molar-refractivity contribution in [3.8, 4) is 0 Å². The van der Waals surface area contributed by atoms with E-state index in [9.17, 15) is 36.6 Å².